The number of hydrogen-bond acceptors (Lipinski definition) is 4. The Kier molecular flexibility index (Phi) is 5.42. The minimum absolute atomic E-state index is 0.127. The summed E-state index contributed by atoms with van der Waals surface area (Å²) in [5.74, 6) is 2.53. The summed E-state index contributed by atoms with van der Waals surface area (Å²) in [6.45, 7) is 4.03. The van der Waals surface area contributed by atoms with Crippen LogP contribution in [0, 0.1) is 13.8 Å². The molecule has 6 heteroatoms. The summed E-state index contributed by atoms with van der Waals surface area (Å²) in [6, 6.07) is 29.7. The number of benzene rings is 5. The minimum atomic E-state index is -0.141. The van der Waals surface area contributed by atoms with E-state index in [-0.39, 0.29) is 10.9 Å². The molecule has 2 aromatic heterocycles. The third kappa shape index (κ3) is 4.07. The van der Waals surface area contributed by atoms with E-state index in [0.29, 0.717) is 66.6 Å². The van der Waals surface area contributed by atoms with E-state index >= 15 is 0 Å². The van der Waals surface area contributed by atoms with Gasteiger partial charge in [-0.2, -0.15) is 0 Å². The fourth-order valence-corrected chi connectivity index (χ4v) is 5.05. The summed E-state index contributed by atoms with van der Waals surface area (Å²) in [5.41, 5.74) is 4.36. The lowest BCUT2D eigenvalue weighted by Crippen LogP contribution is -2.08. The van der Waals surface area contributed by atoms with Crippen molar-refractivity contribution in [3.05, 3.63) is 129 Å². The molecule has 0 aliphatic carbocycles. The van der Waals surface area contributed by atoms with Gasteiger partial charge in [-0.25, -0.2) is 0 Å². The SMILES string of the molecule is Cc1ccc(Oc2ccc3c(=O)c4cc5[nH]c6c(Oc7ccc(C)cc7)cccc6c(=O)c5cc4[nH]c3c2)cc1. The van der Waals surface area contributed by atoms with E-state index in [1.54, 1.807) is 42.5 Å². The molecule has 7 rings (SSSR count). The molecule has 2 heterocycles. The van der Waals surface area contributed by atoms with Gasteiger partial charge in [0.2, 0.25) is 0 Å². The molecule has 0 unspecified atom stereocenters. The van der Waals surface area contributed by atoms with Gasteiger partial charge in [0, 0.05) is 27.6 Å². The number of para-hydroxylation sites is 1. The monoisotopic (exact) mass is 524 g/mol. The topological polar surface area (TPSA) is 84.2 Å². The number of fused-ring (bicyclic) bond motifs is 4. The molecule has 0 bridgehead atoms. The zero-order chi connectivity index (χ0) is 27.4. The van der Waals surface area contributed by atoms with Crippen LogP contribution in [-0.2, 0) is 0 Å². The number of aromatic amines is 2. The van der Waals surface area contributed by atoms with Gasteiger partial charge in [0.1, 0.15) is 17.2 Å². The summed E-state index contributed by atoms with van der Waals surface area (Å²) in [7, 11) is 0. The van der Waals surface area contributed by atoms with E-state index in [1.807, 2.05) is 68.4 Å². The summed E-state index contributed by atoms with van der Waals surface area (Å²) in [6.07, 6.45) is 0. The second-order valence-corrected chi connectivity index (χ2v) is 10.1. The fourth-order valence-electron chi connectivity index (χ4n) is 5.05. The number of rotatable bonds is 4. The standard InChI is InChI=1S/C34H24N2O4/c1-19-6-10-21(11-7-19)39-23-14-15-24-28(16-23)35-29-17-27-30(18-26(29)33(24)37)36-32-25(34(27)38)4-3-5-31(32)40-22-12-8-20(2)9-13-22/h3-18H,1-2H3,(H,35,37)(H,36,38). The molecule has 0 atom stereocenters. The first-order valence-corrected chi connectivity index (χ1v) is 13.0. The molecule has 0 radical (unpaired) electrons. The normalized spacial score (nSPS) is 11.4. The number of pyridine rings is 2. The Morgan fingerprint density at radius 1 is 0.500 bits per heavy atom. The first kappa shape index (κ1) is 23.7. The van der Waals surface area contributed by atoms with Gasteiger partial charge >= 0.3 is 0 Å². The lowest BCUT2D eigenvalue weighted by Gasteiger charge is -2.11. The van der Waals surface area contributed by atoms with Crippen molar-refractivity contribution in [1.29, 1.82) is 0 Å². The van der Waals surface area contributed by atoms with Gasteiger partial charge in [0.05, 0.1) is 22.1 Å². The maximum atomic E-state index is 13.6. The second-order valence-electron chi connectivity index (χ2n) is 10.1. The van der Waals surface area contributed by atoms with E-state index < -0.39 is 0 Å². The van der Waals surface area contributed by atoms with Crippen LogP contribution in [0.15, 0.2) is 107 Å². The molecule has 0 amide bonds. The number of aryl methyl sites for hydroxylation is 2. The van der Waals surface area contributed by atoms with Gasteiger partial charge in [-0.05, 0) is 74.5 Å². The smallest absolute Gasteiger partial charge is 0.197 e. The zero-order valence-corrected chi connectivity index (χ0v) is 21.9. The van der Waals surface area contributed by atoms with Crippen LogP contribution in [0.3, 0.4) is 0 Å². The van der Waals surface area contributed by atoms with Crippen molar-refractivity contribution in [2.24, 2.45) is 0 Å². The highest BCUT2D eigenvalue weighted by Gasteiger charge is 2.14. The maximum absolute atomic E-state index is 13.6. The zero-order valence-electron chi connectivity index (χ0n) is 21.9. The third-order valence-electron chi connectivity index (χ3n) is 7.19. The molecule has 2 N–H and O–H groups in total. The Morgan fingerprint density at radius 2 is 1.05 bits per heavy atom. The van der Waals surface area contributed by atoms with Crippen LogP contribution in [0.25, 0.3) is 43.6 Å². The molecule has 194 valence electrons. The Morgan fingerprint density at radius 3 is 1.73 bits per heavy atom. The molecule has 7 aromatic rings. The number of ether oxygens (including phenoxy) is 2. The largest absolute Gasteiger partial charge is 0.457 e. The molecule has 0 spiro atoms. The second kappa shape index (κ2) is 9.13. The average molecular weight is 525 g/mol. The van der Waals surface area contributed by atoms with Gasteiger partial charge in [-0.3, -0.25) is 9.59 Å². The molecule has 0 saturated carbocycles. The van der Waals surface area contributed by atoms with Crippen LogP contribution in [0.2, 0.25) is 0 Å². The Bertz CT molecular complexity index is 2210. The van der Waals surface area contributed by atoms with E-state index in [9.17, 15) is 9.59 Å². The summed E-state index contributed by atoms with van der Waals surface area (Å²) < 4.78 is 12.1. The van der Waals surface area contributed by atoms with E-state index in [4.69, 9.17) is 9.47 Å². The molecule has 0 aliphatic rings. The van der Waals surface area contributed by atoms with Gasteiger partial charge in [-0.1, -0.05) is 41.5 Å². The molecule has 0 aliphatic heterocycles. The lowest BCUT2D eigenvalue weighted by atomic mass is 10.0. The molecular formula is C34H24N2O4. The van der Waals surface area contributed by atoms with Crippen molar-refractivity contribution in [1.82, 2.24) is 9.97 Å². The summed E-state index contributed by atoms with van der Waals surface area (Å²) >= 11 is 0. The lowest BCUT2D eigenvalue weighted by molar-refractivity contribution is 0.483. The average Bonchev–Trinajstić information content (AvgIpc) is 2.96. The van der Waals surface area contributed by atoms with Crippen LogP contribution in [-0.4, -0.2) is 9.97 Å². The Hall–Kier alpha value is -5.36. The van der Waals surface area contributed by atoms with Gasteiger partial charge < -0.3 is 19.4 Å². The van der Waals surface area contributed by atoms with Crippen LogP contribution in [0.4, 0.5) is 0 Å². The highest BCUT2D eigenvalue weighted by Crippen LogP contribution is 2.30. The van der Waals surface area contributed by atoms with Crippen LogP contribution in [0.1, 0.15) is 11.1 Å². The van der Waals surface area contributed by atoms with E-state index in [0.717, 1.165) is 11.1 Å². The molecule has 40 heavy (non-hydrogen) atoms. The Balaban J connectivity index is 1.37. The van der Waals surface area contributed by atoms with Crippen molar-refractivity contribution in [2.45, 2.75) is 13.8 Å². The van der Waals surface area contributed by atoms with Gasteiger partial charge in [-0.15, -0.1) is 0 Å². The number of aromatic nitrogens is 2. The number of hydrogen-bond donors (Lipinski definition) is 2. The fraction of sp³-hybridized carbons (Fsp3) is 0.0588. The predicted octanol–water partition coefficient (Wildman–Crippen LogP) is 7.88. The van der Waals surface area contributed by atoms with Crippen molar-refractivity contribution >= 4 is 43.6 Å². The van der Waals surface area contributed by atoms with Crippen LogP contribution >= 0.6 is 0 Å². The molecule has 6 nitrogen and oxygen atoms in total. The highest BCUT2D eigenvalue weighted by molar-refractivity contribution is 6.03. The number of H-pyrrole nitrogens is 2. The first-order valence-electron chi connectivity index (χ1n) is 13.0. The van der Waals surface area contributed by atoms with Crippen molar-refractivity contribution in [3.63, 3.8) is 0 Å². The first-order chi connectivity index (χ1) is 19.4. The van der Waals surface area contributed by atoms with Gasteiger partial charge in [0.25, 0.3) is 0 Å². The quantitative estimate of drug-likeness (QED) is 0.229. The summed E-state index contributed by atoms with van der Waals surface area (Å²) in [5, 5.41) is 2.01. The van der Waals surface area contributed by atoms with Crippen molar-refractivity contribution in [2.75, 3.05) is 0 Å². The van der Waals surface area contributed by atoms with Crippen molar-refractivity contribution in [3.8, 4) is 23.0 Å². The highest BCUT2D eigenvalue weighted by atomic mass is 16.5. The number of nitrogens with one attached hydrogen (secondary N) is 2. The van der Waals surface area contributed by atoms with E-state index in [2.05, 4.69) is 9.97 Å². The predicted molar refractivity (Wildman–Crippen MR) is 160 cm³/mol. The van der Waals surface area contributed by atoms with E-state index in [1.165, 1.54) is 0 Å². The Labute approximate surface area is 228 Å². The van der Waals surface area contributed by atoms with Gasteiger partial charge in [0.15, 0.2) is 16.6 Å². The van der Waals surface area contributed by atoms with Crippen LogP contribution < -0.4 is 20.3 Å². The molecular weight excluding hydrogens is 500 g/mol. The maximum Gasteiger partial charge on any atom is 0.197 e. The third-order valence-corrected chi connectivity index (χ3v) is 7.19. The van der Waals surface area contributed by atoms with Crippen molar-refractivity contribution < 1.29 is 9.47 Å². The van der Waals surface area contributed by atoms with Crippen LogP contribution in [0.5, 0.6) is 23.0 Å². The molecule has 5 aromatic carbocycles. The molecule has 0 saturated heterocycles. The summed E-state index contributed by atoms with van der Waals surface area (Å²) in [4.78, 5) is 33.9. The molecule has 0 fully saturated rings. The minimum Gasteiger partial charge on any atom is -0.457 e.